The van der Waals surface area contributed by atoms with Gasteiger partial charge < -0.3 is 0 Å². The maximum Gasteiger partial charge on any atom is 0.00721 e. The van der Waals surface area contributed by atoms with Gasteiger partial charge in [0, 0.05) is 4.90 Å². The molecule has 1 aromatic rings. The second kappa shape index (κ2) is 3.75. The molecule has 0 N–H and O–H groups in total. The highest BCUT2D eigenvalue weighted by Gasteiger charge is 2.14. The molecule has 0 aliphatic rings. The predicted molar refractivity (Wildman–Crippen MR) is 61.8 cm³/mol. The lowest BCUT2D eigenvalue weighted by Crippen LogP contribution is -2.11. The molecule has 0 saturated heterocycles. The number of aryl methyl sites for hydroxylation is 1. The molecule has 0 atom stereocenters. The number of hydrogen-bond acceptors (Lipinski definition) is 1. The van der Waals surface area contributed by atoms with Crippen molar-refractivity contribution < 1.29 is 0 Å². The fraction of sp³-hybridized carbons (Fsp3) is 0.500. The summed E-state index contributed by atoms with van der Waals surface area (Å²) >= 11 is 4.42. The molecule has 0 heterocycles. The largest absolute Gasteiger partial charge is 0.143 e. The van der Waals surface area contributed by atoms with Crippen molar-refractivity contribution in [3.8, 4) is 0 Å². The molecule has 13 heavy (non-hydrogen) atoms. The van der Waals surface area contributed by atoms with Gasteiger partial charge in [-0.25, -0.2) is 0 Å². The van der Waals surface area contributed by atoms with Crippen molar-refractivity contribution in [1.82, 2.24) is 0 Å². The van der Waals surface area contributed by atoms with Gasteiger partial charge in [0.05, 0.1) is 0 Å². The minimum absolute atomic E-state index is 0.241. The van der Waals surface area contributed by atoms with Gasteiger partial charge in [0.2, 0.25) is 0 Å². The third-order valence-electron chi connectivity index (χ3n) is 2.33. The Hall–Kier alpha value is -0.430. The van der Waals surface area contributed by atoms with Crippen molar-refractivity contribution in [3.63, 3.8) is 0 Å². The van der Waals surface area contributed by atoms with Crippen molar-refractivity contribution >= 4 is 12.6 Å². The highest BCUT2D eigenvalue weighted by atomic mass is 32.1. The Labute approximate surface area is 86.8 Å². The smallest absolute Gasteiger partial charge is 0.00721 e. The van der Waals surface area contributed by atoms with E-state index >= 15 is 0 Å². The molecular formula is C12H18S. The van der Waals surface area contributed by atoms with Crippen LogP contribution in [0.5, 0.6) is 0 Å². The normalized spacial score (nSPS) is 11.8. The highest BCUT2D eigenvalue weighted by molar-refractivity contribution is 7.80. The van der Waals surface area contributed by atoms with Crippen molar-refractivity contribution in [2.24, 2.45) is 0 Å². The first-order valence-corrected chi connectivity index (χ1v) is 5.22. The number of benzene rings is 1. The van der Waals surface area contributed by atoms with Crippen LogP contribution in [0.1, 0.15) is 38.8 Å². The SMILES string of the molecule is CCc1cc(C(C)(C)C)ccc1S. The van der Waals surface area contributed by atoms with Crippen molar-refractivity contribution in [1.29, 1.82) is 0 Å². The van der Waals surface area contributed by atoms with Crippen LogP contribution in [0.15, 0.2) is 23.1 Å². The minimum Gasteiger partial charge on any atom is -0.143 e. The molecule has 0 radical (unpaired) electrons. The Bertz CT molecular complexity index is 294. The van der Waals surface area contributed by atoms with Crippen molar-refractivity contribution in [2.45, 2.75) is 44.4 Å². The summed E-state index contributed by atoms with van der Waals surface area (Å²) in [6.07, 6.45) is 1.06. The molecule has 0 aliphatic heterocycles. The van der Waals surface area contributed by atoms with Crippen LogP contribution in [0.2, 0.25) is 0 Å². The summed E-state index contributed by atoms with van der Waals surface area (Å²) in [6.45, 7) is 8.88. The lowest BCUT2D eigenvalue weighted by Gasteiger charge is -2.20. The van der Waals surface area contributed by atoms with E-state index in [0.717, 1.165) is 11.3 Å². The third-order valence-corrected chi connectivity index (χ3v) is 2.76. The summed E-state index contributed by atoms with van der Waals surface area (Å²) in [5, 5.41) is 0. The summed E-state index contributed by atoms with van der Waals surface area (Å²) in [5.74, 6) is 0. The zero-order valence-corrected chi connectivity index (χ0v) is 9.78. The summed E-state index contributed by atoms with van der Waals surface area (Å²) in [6, 6.07) is 6.53. The summed E-state index contributed by atoms with van der Waals surface area (Å²) < 4.78 is 0. The lowest BCUT2D eigenvalue weighted by atomic mass is 9.86. The van der Waals surface area contributed by atoms with Crippen molar-refractivity contribution in [3.05, 3.63) is 29.3 Å². The van der Waals surface area contributed by atoms with Crippen LogP contribution >= 0.6 is 12.6 Å². The minimum atomic E-state index is 0.241. The fourth-order valence-electron chi connectivity index (χ4n) is 1.34. The summed E-state index contributed by atoms with van der Waals surface area (Å²) in [4.78, 5) is 1.11. The van der Waals surface area contributed by atoms with E-state index in [1.54, 1.807) is 0 Å². The van der Waals surface area contributed by atoms with Gasteiger partial charge in [-0.3, -0.25) is 0 Å². The van der Waals surface area contributed by atoms with E-state index < -0.39 is 0 Å². The standard InChI is InChI=1S/C12H18S/c1-5-9-8-10(12(2,3)4)6-7-11(9)13/h6-8,13H,5H2,1-4H3. The second-order valence-electron chi connectivity index (χ2n) is 4.45. The average molecular weight is 194 g/mol. The van der Waals surface area contributed by atoms with E-state index in [1.807, 2.05) is 0 Å². The quantitative estimate of drug-likeness (QED) is 0.645. The Morgan fingerprint density at radius 1 is 1.23 bits per heavy atom. The molecule has 1 aromatic carbocycles. The highest BCUT2D eigenvalue weighted by Crippen LogP contribution is 2.26. The Balaban J connectivity index is 3.14. The number of hydrogen-bond donors (Lipinski definition) is 1. The molecule has 1 heteroatoms. The average Bonchev–Trinajstić information content (AvgIpc) is 2.03. The Morgan fingerprint density at radius 2 is 1.85 bits per heavy atom. The molecule has 0 nitrogen and oxygen atoms in total. The molecule has 0 aromatic heterocycles. The Kier molecular flexibility index (Phi) is 3.07. The van der Waals surface area contributed by atoms with E-state index in [0.29, 0.717) is 0 Å². The lowest BCUT2D eigenvalue weighted by molar-refractivity contribution is 0.588. The van der Waals surface area contributed by atoms with Gasteiger partial charge in [0.1, 0.15) is 0 Å². The first-order chi connectivity index (χ1) is 5.95. The van der Waals surface area contributed by atoms with Gasteiger partial charge in [-0.2, -0.15) is 0 Å². The second-order valence-corrected chi connectivity index (χ2v) is 4.93. The summed E-state index contributed by atoms with van der Waals surface area (Å²) in [7, 11) is 0. The topological polar surface area (TPSA) is 0 Å². The van der Waals surface area contributed by atoms with Gasteiger partial charge in [-0.15, -0.1) is 12.6 Å². The molecule has 0 saturated carbocycles. The van der Waals surface area contributed by atoms with E-state index in [2.05, 4.69) is 58.5 Å². The molecular weight excluding hydrogens is 176 g/mol. The van der Waals surface area contributed by atoms with E-state index in [4.69, 9.17) is 0 Å². The van der Waals surface area contributed by atoms with E-state index in [-0.39, 0.29) is 5.41 Å². The van der Waals surface area contributed by atoms with Crippen molar-refractivity contribution in [2.75, 3.05) is 0 Å². The summed E-state index contributed by atoms with van der Waals surface area (Å²) in [5.41, 5.74) is 2.98. The van der Waals surface area contributed by atoms with Gasteiger partial charge in [0.25, 0.3) is 0 Å². The zero-order valence-electron chi connectivity index (χ0n) is 8.89. The van der Waals surface area contributed by atoms with Gasteiger partial charge in [-0.05, 0) is 29.0 Å². The Morgan fingerprint density at radius 3 is 2.31 bits per heavy atom. The third kappa shape index (κ3) is 2.50. The van der Waals surface area contributed by atoms with Crippen LogP contribution in [0.4, 0.5) is 0 Å². The van der Waals surface area contributed by atoms with E-state index in [1.165, 1.54) is 11.1 Å². The zero-order chi connectivity index (χ0) is 10.1. The molecule has 0 fully saturated rings. The van der Waals surface area contributed by atoms with Crippen LogP contribution in [0.3, 0.4) is 0 Å². The fourth-order valence-corrected chi connectivity index (χ4v) is 1.63. The molecule has 0 amide bonds. The van der Waals surface area contributed by atoms with Crippen LogP contribution in [-0.4, -0.2) is 0 Å². The first-order valence-electron chi connectivity index (χ1n) is 4.77. The first kappa shape index (κ1) is 10.6. The van der Waals surface area contributed by atoms with Crippen LogP contribution < -0.4 is 0 Å². The van der Waals surface area contributed by atoms with Gasteiger partial charge >= 0.3 is 0 Å². The molecule has 0 bridgehead atoms. The van der Waals surface area contributed by atoms with Gasteiger partial charge in [0.15, 0.2) is 0 Å². The van der Waals surface area contributed by atoms with Crippen LogP contribution in [0.25, 0.3) is 0 Å². The molecule has 0 unspecified atom stereocenters. The van der Waals surface area contributed by atoms with Crippen LogP contribution in [-0.2, 0) is 11.8 Å². The van der Waals surface area contributed by atoms with E-state index in [9.17, 15) is 0 Å². The predicted octanol–water partition coefficient (Wildman–Crippen LogP) is 3.84. The number of rotatable bonds is 1. The molecule has 72 valence electrons. The van der Waals surface area contributed by atoms with Gasteiger partial charge in [-0.1, -0.05) is 39.8 Å². The molecule has 1 rings (SSSR count). The number of thiol groups is 1. The molecule has 0 spiro atoms. The molecule has 0 aliphatic carbocycles. The monoisotopic (exact) mass is 194 g/mol. The maximum atomic E-state index is 4.42. The maximum absolute atomic E-state index is 4.42. The van der Waals surface area contributed by atoms with Crippen LogP contribution in [0, 0.1) is 0 Å².